The zero-order valence-electron chi connectivity index (χ0n) is 10.8. The first kappa shape index (κ1) is 11.7. The van der Waals surface area contributed by atoms with Gasteiger partial charge in [0.05, 0.1) is 5.69 Å². The highest BCUT2D eigenvalue weighted by Crippen LogP contribution is 2.22. The molecular formula is C14H19N3. The quantitative estimate of drug-likeness (QED) is 0.826. The molecule has 3 heteroatoms. The third-order valence-corrected chi connectivity index (χ3v) is 2.41. The number of rotatable bonds is 2. The Balaban J connectivity index is 2.24. The van der Waals surface area contributed by atoms with Gasteiger partial charge < -0.3 is 5.32 Å². The minimum absolute atomic E-state index is 0.0269. The van der Waals surface area contributed by atoms with Crippen LogP contribution in [0.4, 0.5) is 5.82 Å². The van der Waals surface area contributed by atoms with Crippen molar-refractivity contribution in [2.24, 2.45) is 0 Å². The Kier molecular flexibility index (Phi) is 2.92. The van der Waals surface area contributed by atoms with Crippen molar-refractivity contribution in [3.05, 3.63) is 35.9 Å². The maximum Gasteiger partial charge on any atom is 0.148 e. The molecule has 0 saturated carbocycles. The Morgan fingerprint density at radius 3 is 2.59 bits per heavy atom. The van der Waals surface area contributed by atoms with Gasteiger partial charge in [-0.3, -0.25) is 5.10 Å². The van der Waals surface area contributed by atoms with E-state index in [-0.39, 0.29) is 5.54 Å². The van der Waals surface area contributed by atoms with Crippen LogP contribution in [-0.4, -0.2) is 15.7 Å². The first-order valence-electron chi connectivity index (χ1n) is 5.85. The standard InChI is InChI=1S/C14H19N3/c1-10-6-5-7-11(8-10)12-9-13(17-16-12)15-14(2,3)4/h5-9H,1-4H3,(H2,15,16,17). The van der Waals surface area contributed by atoms with Gasteiger partial charge in [-0.05, 0) is 39.3 Å². The molecule has 90 valence electrons. The number of aryl methyl sites for hydroxylation is 1. The summed E-state index contributed by atoms with van der Waals surface area (Å²) in [5.41, 5.74) is 3.49. The lowest BCUT2D eigenvalue weighted by molar-refractivity contribution is 0.630. The van der Waals surface area contributed by atoms with Gasteiger partial charge in [-0.25, -0.2) is 0 Å². The van der Waals surface area contributed by atoms with Gasteiger partial charge >= 0.3 is 0 Å². The molecule has 2 aromatic rings. The van der Waals surface area contributed by atoms with E-state index < -0.39 is 0 Å². The Hall–Kier alpha value is -1.77. The molecule has 0 aliphatic heterocycles. The normalized spacial score (nSPS) is 11.5. The molecule has 3 nitrogen and oxygen atoms in total. The molecule has 0 saturated heterocycles. The average Bonchev–Trinajstić information content (AvgIpc) is 2.63. The second kappa shape index (κ2) is 4.24. The number of aromatic nitrogens is 2. The van der Waals surface area contributed by atoms with Crippen LogP contribution < -0.4 is 5.32 Å². The van der Waals surface area contributed by atoms with Crippen LogP contribution in [-0.2, 0) is 0 Å². The van der Waals surface area contributed by atoms with E-state index in [1.165, 1.54) is 11.1 Å². The van der Waals surface area contributed by atoms with Crippen LogP contribution in [0.1, 0.15) is 26.3 Å². The number of hydrogen-bond acceptors (Lipinski definition) is 2. The zero-order valence-corrected chi connectivity index (χ0v) is 10.8. The van der Waals surface area contributed by atoms with E-state index in [1.54, 1.807) is 0 Å². The number of H-pyrrole nitrogens is 1. The lowest BCUT2D eigenvalue weighted by atomic mass is 10.1. The van der Waals surface area contributed by atoms with Gasteiger partial charge in [-0.15, -0.1) is 0 Å². The summed E-state index contributed by atoms with van der Waals surface area (Å²) < 4.78 is 0. The number of benzene rings is 1. The molecule has 0 aliphatic carbocycles. The predicted molar refractivity (Wildman–Crippen MR) is 72.1 cm³/mol. The summed E-state index contributed by atoms with van der Waals surface area (Å²) in [5, 5.41) is 10.7. The highest BCUT2D eigenvalue weighted by Gasteiger charge is 2.11. The van der Waals surface area contributed by atoms with Crippen molar-refractivity contribution >= 4 is 5.82 Å². The van der Waals surface area contributed by atoms with E-state index >= 15 is 0 Å². The Labute approximate surface area is 102 Å². The smallest absolute Gasteiger partial charge is 0.148 e. The van der Waals surface area contributed by atoms with Crippen LogP contribution in [0.15, 0.2) is 30.3 Å². The van der Waals surface area contributed by atoms with Crippen molar-refractivity contribution < 1.29 is 0 Å². The fourth-order valence-corrected chi connectivity index (χ4v) is 1.73. The fourth-order valence-electron chi connectivity index (χ4n) is 1.73. The van der Waals surface area contributed by atoms with Crippen molar-refractivity contribution in [1.29, 1.82) is 0 Å². The summed E-state index contributed by atoms with van der Waals surface area (Å²) in [4.78, 5) is 0. The van der Waals surface area contributed by atoms with E-state index in [1.807, 2.05) is 6.07 Å². The van der Waals surface area contributed by atoms with E-state index in [2.05, 4.69) is 67.5 Å². The lowest BCUT2D eigenvalue weighted by Gasteiger charge is -2.19. The molecule has 0 amide bonds. The molecule has 1 aromatic heterocycles. The third kappa shape index (κ3) is 3.09. The van der Waals surface area contributed by atoms with Crippen LogP contribution in [0.3, 0.4) is 0 Å². The van der Waals surface area contributed by atoms with Crippen molar-refractivity contribution in [1.82, 2.24) is 10.2 Å². The predicted octanol–water partition coefficient (Wildman–Crippen LogP) is 3.60. The maximum absolute atomic E-state index is 4.27. The van der Waals surface area contributed by atoms with Crippen LogP contribution in [0.25, 0.3) is 11.3 Å². The summed E-state index contributed by atoms with van der Waals surface area (Å²) in [5.74, 6) is 0.883. The molecule has 0 radical (unpaired) electrons. The van der Waals surface area contributed by atoms with Crippen LogP contribution in [0.2, 0.25) is 0 Å². The fraction of sp³-hybridized carbons (Fsp3) is 0.357. The summed E-state index contributed by atoms with van der Waals surface area (Å²) in [7, 11) is 0. The molecule has 0 bridgehead atoms. The number of anilines is 1. The lowest BCUT2D eigenvalue weighted by Crippen LogP contribution is -2.26. The minimum Gasteiger partial charge on any atom is -0.364 e. The second-order valence-corrected chi connectivity index (χ2v) is 5.41. The number of nitrogens with zero attached hydrogens (tertiary/aromatic N) is 1. The first-order valence-corrected chi connectivity index (χ1v) is 5.85. The molecule has 0 aliphatic rings. The molecule has 1 aromatic carbocycles. The maximum atomic E-state index is 4.27. The van der Waals surface area contributed by atoms with Gasteiger partial charge in [0.1, 0.15) is 5.82 Å². The Bertz CT molecular complexity index is 506. The average molecular weight is 229 g/mol. The highest BCUT2D eigenvalue weighted by atomic mass is 15.2. The number of hydrogen-bond donors (Lipinski definition) is 2. The minimum atomic E-state index is 0.0269. The van der Waals surface area contributed by atoms with Gasteiger partial charge in [-0.1, -0.05) is 23.8 Å². The SMILES string of the molecule is Cc1cccc(-c2cc(NC(C)(C)C)n[nH]2)c1. The molecule has 2 N–H and O–H groups in total. The highest BCUT2D eigenvalue weighted by molar-refractivity contribution is 5.63. The molecule has 0 spiro atoms. The summed E-state index contributed by atoms with van der Waals surface area (Å²) in [6.07, 6.45) is 0. The van der Waals surface area contributed by atoms with Crippen LogP contribution in [0, 0.1) is 6.92 Å². The van der Waals surface area contributed by atoms with Crippen molar-refractivity contribution in [2.75, 3.05) is 5.32 Å². The summed E-state index contributed by atoms with van der Waals surface area (Å²) in [6.45, 7) is 8.45. The Morgan fingerprint density at radius 1 is 1.18 bits per heavy atom. The molecule has 0 fully saturated rings. The van der Waals surface area contributed by atoms with Crippen molar-refractivity contribution in [2.45, 2.75) is 33.2 Å². The van der Waals surface area contributed by atoms with Gasteiger partial charge in [0.25, 0.3) is 0 Å². The number of aromatic amines is 1. The molecule has 2 rings (SSSR count). The summed E-state index contributed by atoms with van der Waals surface area (Å²) in [6, 6.07) is 10.4. The molecule has 0 atom stereocenters. The van der Waals surface area contributed by atoms with Gasteiger partial charge in [0.15, 0.2) is 0 Å². The second-order valence-electron chi connectivity index (χ2n) is 5.41. The van der Waals surface area contributed by atoms with Gasteiger partial charge in [0.2, 0.25) is 0 Å². The molecule has 17 heavy (non-hydrogen) atoms. The largest absolute Gasteiger partial charge is 0.364 e. The van der Waals surface area contributed by atoms with Crippen LogP contribution >= 0.6 is 0 Å². The Morgan fingerprint density at radius 2 is 1.94 bits per heavy atom. The topological polar surface area (TPSA) is 40.7 Å². The summed E-state index contributed by atoms with van der Waals surface area (Å²) >= 11 is 0. The van der Waals surface area contributed by atoms with E-state index in [9.17, 15) is 0 Å². The zero-order chi connectivity index (χ0) is 12.5. The van der Waals surface area contributed by atoms with Gasteiger partial charge in [0, 0.05) is 11.6 Å². The van der Waals surface area contributed by atoms with Gasteiger partial charge in [-0.2, -0.15) is 5.10 Å². The first-order chi connectivity index (χ1) is 7.94. The molecule has 0 unspecified atom stereocenters. The van der Waals surface area contributed by atoms with E-state index in [0.29, 0.717) is 0 Å². The van der Waals surface area contributed by atoms with E-state index in [0.717, 1.165) is 11.5 Å². The van der Waals surface area contributed by atoms with Crippen LogP contribution in [0.5, 0.6) is 0 Å². The van der Waals surface area contributed by atoms with E-state index in [4.69, 9.17) is 0 Å². The van der Waals surface area contributed by atoms with Crippen molar-refractivity contribution in [3.63, 3.8) is 0 Å². The third-order valence-electron chi connectivity index (χ3n) is 2.41. The molecule has 1 heterocycles. The number of nitrogens with one attached hydrogen (secondary N) is 2. The monoisotopic (exact) mass is 229 g/mol. The van der Waals surface area contributed by atoms with Crippen molar-refractivity contribution in [3.8, 4) is 11.3 Å². The molecular weight excluding hydrogens is 210 g/mol.